The second-order valence-electron chi connectivity index (χ2n) is 1.92. The van der Waals surface area contributed by atoms with Crippen molar-refractivity contribution in [2.24, 2.45) is 0 Å². The minimum atomic E-state index is -1.98. The Bertz CT molecular complexity index is 214. The predicted octanol–water partition coefficient (Wildman–Crippen LogP) is 2.79. The van der Waals surface area contributed by atoms with Gasteiger partial charge in [0.15, 0.2) is 11.4 Å². The summed E-state index contributed by atoms with van der Waals surface area (Å²) in [6.45, 7) is 0. The van der Waals surface area contributed by atoms with Crippen molar-refractivity contribution in [1.82, 2.24) is 8.88 Å². The minimum absolute atomic E-state index is 1.76. The highest BCUT2D eigenvalue weighted by Gasteiger charge is 2.51. The molecule has 0 bridgehead atoms. The molecule has 0 spiro atoms. The molecule has 2 nitrogen and oxygen atoms in total. The summed E-state index contributed by atoms with van der Waals surface area (Å²) >= 11 is 22.0. The number of halogens is 2. The first-order valence-electron chi connectivity index (χ1n) is 2.40. The summed E-state index contributed by atoms with van der Waals surface area (Å²) in [6, 6.07) is 0. The van der Waals surface area contributed by atoms with Crippen molar-refractivity contribution >= 4 is 57.5 Å². The summed E-state index contributed by atoms with van der Waals surface area (Å²) in [6.07, 6.45) is 0. The van der Waals surface area contributed by atoms with Crippen LogP contribution in [0.3, 0.4) is 0 Å². The number of hydrogen-bond donors (Lipinski definition) is 0. The lowest BCUT2D eigenvalue weighted by Crippen LogP contribution is -2.31. The molecule has 0 N–H and O–H groups in total. The Morgan fingerprint density at radius 2 is 1.20 bits per heavy atom. The molecule has 0 aromatic carbocycles. The van der Waals surface area contributed by atoms with Gasteiger partial charge in [0.1, 0.15) is 0 Å². The van der Waals surface area contributed by atoms with Crippen molar-refractivity contribution in [3.05, 3.63) is 0 Å². The summed E-state index contributed by atoms with van der Waals surface area (Å²) < 4.78 is 3.52. The zero-order valence-electron chi connectivity index (χ0n) is 5.36. The predicted molar refractivity (Wildman–Crippen MR) is 55.8 cm³/mol. The monoisotopic (exact) mass is 254 g/mol. The Kier molecular flexibility index (Phi) is 2.62. The third kappa shape index (κ3) is 1.14. The Morgan fingerprint density at radius 3 is 1.30 bits per heavy atom. The standard InChI is InChI=1S/C2H6Cl2N2P2S2/c1-5-7(3,9)6(2)8(5,4)10/h1-2H3. The van der Waals surface area contributed by atoms with Crippen LogP contribution in [-0.2, 0) is 23.6 Å². The lowest BCUT2D eigenvalue weighted by Gasteiger charge is -2.52. The molecule has 1 fully saturated rings. The van der Waals surface area contributed by atoms with E-state index in [0.29, 0.717) is 0 Å². The second-order valence-corrected chi connectivity index (χ2v) is 13.9. The average Bonchev–Trinajstić information content (AvgIpc) is 1.84. The van der Waals surface area contributed by atoms with E-state index in [1.54, 1.807) is 23.0 Å². The van der Waals surface area contributed by atoms with Crippen LogP contribution in [0, 0.1) is 0 Å². The first kappa shape index (κ1) is 9.88. The highest BCUT2D eigenvalue weighted by molar-refractivity contribution is 8.42. The lowest BCUT2D eigenvalue weighted by atomic mass is 11.6. The van der Waals surface area contributed by atoms with Crippen molar-refractivity contribution in [3.8, 4) is 0 Å². The molecule has 0 aromatic rings. The summed E-state index contributed by atoms with van der Waals surface area (Å²) in [5, 5.41) is 0. The average molecular weight is 255 g/mol. The third-order valence-electron chi connectivity index (χ3n) is 1.43. The zero-order valence-corrected chi connectivity index (χ0v) is 10.3. The molecule has 0 aliphatic carbocycles. The summed E-state index contributed by atoms with van der Waals surface area (Å²) in [5.74, 6) is 0. The van der Waals surface area contributed by atoms with Gasteiger partial charge in [-0.15, -0.1) is 0 Å². The Balaban J connectivity index is 3.00. The molecular formula is C2H6Cl2N2P2S2. The Labute approximate surface area is 80.3 Å². The molecule has 8 heteroatoms. The van der Waals surface area contributed by atoms with Gasteiger partial charge in [0, 0.05) is 14.1 Å². The van der Waals surface area contributed by atoms with Crippen LogP contribution in [0.2, 0.25) is 0 Å². The second kappa shape index (κ2) is 2.65. The molecule has 0 amide bonds. The molecule has 1 aliphatic heterocycles. The van der Waals surface area contributed by atoms with E-state index in [-0.39, 0.29) is 0 Å². The lowest BCUT2D eigenvalue weighted by molar-refractivity contribution is 0.686. The van der Waals surface area contributed by atoms with Crippen LogP contribution in [0.5, 0.6) is 0 Å². The van der Waals surface area contributed by atoms with Gasteiger partial charge in [-0.05, 0) is 23.6 Å². The molecule has 1 aliphatic rings. The van der Waals surface area contributed by atoms with Crippen molar-refractivity contribution in [2.75, 3.05) is 14.1 Å². The van der Waals surface area contributed by atoms with Gasteiger partial charge in [-0.1, -0.05) is 22.5 Å². The molecule has 0 aromatic heterocycles. The van der Waals surface area contributed by atoms with Gasteiger partial charge in [-0.3, -0.25) is 0 Å². The number of nitrogens with zero attached hydrogens (tertiary/aromatic N) is 2. The smallest absolute Gasteiger partial charge is 0.175 e. The van der Waals surface area contributed by atoms with Crippen molar-refractivity contribution in [1.29, 1.82) is 0 Å². The maximum absolute atomic E-state index is 5.94. The fourth-order valence-electron chi connectivity index (χ4n) is 0.615. The first-order chi connectivity index (χ1) is 4.31. The fraction of sp³-hybridized carbons (Fsp3) is 1.00. The molecule has 0 atom stereocenters. The van der Waals surface area contributed by atoms with Gasteiger partial charge in [-0.25, -0.2) is 8.88 Å². The number of rotatable bonds is 0. The largest absolute Gasteiger partial charge is 0.200 e. The van der Waals surface area contributed by atoms with Crippen LogP contribution in [0.25, 0.3) is 0 Å². The van der Waals surface area contributed by atoms with Gasteiger partial charge in [-0.2, -0.15) is 0 Å². The van der Waals surface area contributed by atoms with Crippen LogP contribution in [0.15, 0.2) is 0 Å². The maximum atomic E-state index is 5.94. The van der Waals surface area contributed by atoms with E-state index >= 15 is 0 Å². The quantitative estimate of drug-likeness (QED) is 0.614. The van der Waals surface area contributed by atoms with E-state index in [9.17, 15) is 0 Å². The molecule has 0 saturated carbocycles. The fourth-order valence-corrected chi connectivity index (χ4v) is 14.7. The highest BCUT2D eigenvalue weighted by Crippen LogP contribution is 2.89. The highest BCUT2D eigenvalue weighted by atomic mass is 35.7. The Morgan fingerprint density at radius 1 is 1.00 bits per heavy atom. The summed E-state index contributed by atoms with van der Waals surface area (Å²) in [5.41, 5.74) is -3.97. The van der Waals surface area contributed by atoms with Crippen molar-refractivity contribution in [2.45, 2.75) is 0 Å². The maximum Gasteiger partial charge on any atom is 0.175 e. The van der Waals surface area contributed by atoms with Gasteiger partial charge in [0.2, 0.25) is 0 Å². The van der Waals surface area contributed by atoms with Crippen molar-refractivity contribution in [3.63, 3.8) is 0 Å². The molecular weight excluding hydrogens is 249 g/mol. The van der Waals surface area contributed by atoms with E-state index in [4.69, 9.17) is 46.1 Å². The number of hydrogen-bond acceptors (Lipinski definition) is 2. The van der Waals surface area contributed by atoms with Gasteiger partial charge in [0.25, 0.3) is 0 Å². The molecule has 1 rings (SSSR count). The Hall–Kier alpha value is 1.80. The van der Waals surface area contributed by atoms with Crippen LogP contribution < -0.4 is 0 Å². The van der Waals surface area contributed by atoms with E-state index in [1.807, 2.05) is 0 Å². The molecule has 0 radical (unpaired) electrons. The molecule has 0 unspecified atom stereocenters. The topological polar surface area (TPSA) is 6.48 Å². The van der Waals surface area contributed by atoms with E-state index in [1.165, 1.54) is 0 Å². The van der Waals surface area contributed by atoms with Crippen LogP contribution in [-0.4, -0.2) is 23.0 Å². The summed E-state index contributed by atoms with van der Waals surface area (Å²) in [4.78, 5) is 0. The van der Waals surface area contributed by atoms with Gasteiger partial charge in [0.05, 0.1) is 0 Å². The van der Waals surface area contributed by atoms with Gasteiger partial charge >= 0.3 is 0 Å². The molecule has 1 saturated heterocycles. The molecule has 10 heavy (non-hydrogen) atoms. The SMILES string of the molecule is CN1P(=S)(Cl)N(C)P1(=S)Cl. The molecule has 1 heterocycles. The first-order valence-corrected chi connectivity index (χ1v) is 9.62. The zero-order chi connectivity index (χ0) is 8.15. The van der Waals surface area contributed by atoms with Crippen LogP contribution in [0.4, 0.5) is 0 Å². The minimum Gasteiger partial charge on any atom is -0.200 e. The van der Waals surface area contributed by atoms with E-state index in [2.05, 4.69) is 0 Å². The van der Waals surface area contributed by atoms with Gasteiger partial charge < -0.3 is 0 Å². The summed E-state index contributed by atoms with van der Waals surface area (Å²) in [7, 11) is 3.59. The van der Waals surface area contributed by atoms with Crippen LogP contribution in [0.1, 0.15) is 0 Å². The van der Waals surface area contributed by atoms with Crippen LogP contribution >= 0.6 is 33.9 Å². The third-order valence-corrected chi connectivity index (χ3v) is 15.8. The van der Waals surface area contributed by atoms with Crippen molar-refractivity contribution < 1.29 is 0 Å². The normalized spacial score (nSPS) is 50.8. The van der Waals surface area contributed by atoms with E-state index < -0.39 is 11.4 Å². The van der Waals surface area contributed by atoms with E-state index in [0.717, 1.165) is 0 Å². The molecule has 60 valence electrons.